The molecule has 3 heterocycles. The quantitative estimate of drug-likeness (QED) is 0.384. The van der Waals surface area contributed by atoms with Gasteiger partial charge < -0.3 is 14.4 Å². The van der Waals surface area contributed by atoms with E-state index in [9.17, 15) is 0 Å². The minimum atomic E-state index is -0.0549. The van der Waals surface area contributed by atoms with Gasteiger partial charge >= 0.3 is 0 Å². The first-order valence-electron chi connectivity index (χ1n) is 11.3. The summed E-state index contributed by atoms with van der Waals surface area (Å²) in [7, 11) is 3.41. The smallest absolute Gasteiger partial charge is 0.173 e. The molecule has 1 aliphatic rings. The van der Waals surface area contributed by atoms with Crippen LogP contribution in [0.25, 0.3) is 0 Å². The third kappa shape index (κ3) is 4.62. The molecule has 1 atom stereocenters. The number of anilines is 1. The summed E-state index contributed by atoms with van der Waals surface area (Å²) in [6.07, 6.45) is 0. The summed E-state index contributed by atoms with van der Waals surface area (Å²) in [5.41, 5.74) is 2.28. The summed E-state index contributed by atoms with van der Waals surface area (Å²) >= 11 is 1.71. The van der Waals surface area contributed by atoms with Gasteiger partial charge in [0.25, 0.3) is 0 Å². The predicted molar refractivity (Wildman–Crippen MR) is 133 cm³/mol. The molecule has 4 aromatic rings. The Balaban J connectivity index is 1.42. The topological polar surface area (TPSA) is 68.5 Å². The Morgan fingerprint density at radius 3 is 2.41 bits per heavy atom. The fourth-order valence-corrected chi connectivity index (χ4v) is 5.18. The van der Waals surface area contributed by atoms with Crippen LogP contribution >= 0.6 is 11.3 Å². The molecule has 1 aliphatic heterocycles. The van der Waals surface area contributed by atoms with E-state index in [1.807, 2.05) is 28.9 Å². The molecule has 0 spiro atoms. The van der Waals surface area contributed by atoms with E-state index in [-0.39, 0.29) is 6.04 Å². The molecule has 0 saturated carbocycles. The summed E-state index contributed by atoms with van der Waals surface area (Å²) in [4.78, 5) is 6.07. The number of methoxy groups -OCH3 is 2. The summed E-state index contributed by atoms with van der Waals surface area (Å²) in [6.45, 7) is 4.19. The van der Waals surface area contributed by atoms with Crippen LogP contribution in [0.15, 0.2) is 66.0 Å². The van der Waals surface area contributed by atoms with Crippen LogP contribution in [-0.2, 0) is 6.54 Å². The second-order valence-corrected chi connectivity index (χ2v) is 9.18. The largest absolute Gasteiger partial charge is 0.497 e. The van der Waals surface area contributed by atoms with Crippen LogP contribution < -0.4 is 14.4 Å². The number of nitrogens with zero attached hydrogens (tertiary/aromatic N) is 6. The molecule has 34 heavy (non-hydrogen) atoms. The SMILES string of the molecule is COc1ccc([C@@H](c2nnnn2Cc2cccs2)N2CCN(c3ccccc3OC)CC2)cc1. The van der Waals surface area contributed by atoms with E-state index >= 15 is 0 Å². The van der Waals surface area contributed by atoms with Gasteiger partial charge in [-0.3, -0.25) is 4.90 Å². The maximum absolute atomic E-state index is 5.59. The lowest BCUT2D eigenvalue weighted by atomic mass is 10.0. The van der Waals surface area contributed by atoms with Gasteiger partial charge in [0, 0.05) is 31.1 Å². The van der Waals surface area contributed by atoms with Crippen molar-refractivity contribution in [2.45, 2.75) is 12.6 Å². The van der Waals surface area contributed by atoms with Gasteiger partial charge in [-0.25, -0.2) is 4.68 Å². The van der Waals surface area contributed by atoms with Gasteiger partial charge in [0.2, 0.25) is 0 Å². The number of tetrazole rings is 1. The molecule has 0 N–H and O–H groups in total. The average Bonchev–Trinajstić information content (AvgIpc) is 3.58. The number of thiophene rings is 1. The average molecular weight is 477 g/mol. The van der Waals surface area contributed by atoms with Crippen molar-refractivity contribution >= 4 is 17.0 Å². The highest BCUT2D eigenvalue weighted by Gasteiger charge is 2.31. The lowest BCUT2D eigenvalue weighted by Crippen LogP contribution is -2.48. The normalized spacial score (nSPS) is 15.3. The van der Waals surface area contributed by atoms with Crippen molar-refractivity contribution in [3.05, 3.63) is 82.3 Å². The van der Waals surface area contributed by atoms with Crippen LogP contribution in [0.3, 0.4) is 0 Å². The number of ether oxygens (including phenoxy) is 2. The Kier molecular flexibility index (Phi) is 6.73. The lowest BCUT2D eigenvalue weighted by molar-refractivity contribution is 0.201. The number of piperazine rings is 1. The summed E-state index contributed by atoms with van der Waals surface area (Å²) < 4.78 is 12.9. The van der Waals surface area contributed by atoms with Crippen molar-refractivity contribution in [3.63, 3.8) is 0 Å². The lowest BCUT2D eigenvalue weighted by Gasteiger charge is -2.40. The van der Waals surface area contributed by atoms with Gasteiger partial charge in [0.1, 0.15) is 11.5 Å². The van der Waals surface area contributed by atoms with E-state index in [4.69, 9.17) is 9.47 Å². The molecule has 176 valence electrons. The van der Waals surface area contributed by atoms with E-state index in [1.54, 1.807) is 25.6 Å². The molecule has 0 unspecified atom stereocenters. The maximum Gasteiger partial charge on any atom is 0.173 e. The number of benzene rings is 2. The second-order valence-electron chi connectivity index (χ2n) is 8.14. The molecule has 8 nitrogen and oxygen atoms in total. The van der Waals surface area contributed by atoms with E-state index in [1.165, 1.54) is 4.88 Å². The zero-order valence-corrected chi connectivity index (χ0v) is 20.2. The molecule has 0 aliphatic carbocycles. The fourth-order valence-electron chi connectivity index (χ4n) is 4.49. The number of hydrogen-bond donors (Lipinski definition) is 0. The molecule has 5 rings (SSSR count). The van der Waals surface area contributed by atoms with Crippen LogP contribution in [0, 0.1) is 0 Å². The van der Waals surface area contributed by atoms with Gasteiger partial charge in [-0.05, 0) is 51.7 Å². The van der Waals surface area contributed by atoms with E-state index in [0.29, 0.717) is 6.54 Å². The molecule has 9 heteroatoms. The molecular weight excluding hydrogens is 448 g/mol. The van der Waals surface area contributed by atoms with Crippen LogP contribution in [0.4, 0.5) is 5.69 Å². The molecule has 0 amide bonds. The highest BCUT2D eigenvalue weighted by Crippen LogP contribution is 2.33. The Bertz CT molecular complexity index is 1190. The van der Waals surface area contributed by atoms with Crippen molar-refractivity contribution in [2.75, 3.05) is 45.3 Å². The molecule has 0 radical (unpaired) electrons. The highest BCUT2D eigenvalue weighted by atomic mass is 32.1. The van der Waals surface area contributed by atoms with Gasteiger partial charge in [-0.15, -0.1) is 16.4 Å². The first kappa shape index (κ1) is 22.4. The molecule has 2 aromatic heterocycles. The van der Waals surface area contributed by atoms with Crippen molar-refractivity contribution in [1.29, 1.82) is 0 Å². The first-order chi connectivity index (χ1) is 16.8. The van der Waals surface area contributed by atoms with Crippen LogP contribution in [0.2, 0.25) is 0 Å². The van der Waals surface area contributed by atoms with E-state index in [2.05, 4.69) is 67.1 Å². The number of para-hydroxylation sites is 2. The van der Waals surface area contributed by atoms with Crippen LogP contribution in [0.5, 0.6) is 11.5 Å². The number of rotatable bonds is 8. The Morgan fingerprint density at radius 2 is 1.71 bits per heavy atom. The molecule has 1 saturated heterocycles. The third-order valence-electron chi connectivity index (χ3n) is 6.23. The van der Waals surface area contributed by atoms with Crippen LogP contribution in [0.1, 0.15) is 22.3 Å². The molecular formula is C25H28N6O2S. The fraction of sp³-hybridized carbons (Fsp3) is 0.320. The Hall–Kier alpha value is -3.43. The zero-order chi connectivity index (χ0) is 23.3. The van der Waals surface area contributed by atoms with Crippen molar-refractivity contribution in [3.8, 4) is 11.5 Å². The summed E-state index contributed by atoms with van der Waals surface area (Å²) in [5.74, 6) is 2.59. The zero-order valence-electron chi connectivity index (χ0n) is 19.4. The van der Waals surface area contributed by atoms with Gasteiger partial charge in [0.15, 0.2) is 5.82 Å². The second kappa shape index (κ2) is 10.2. The standard InChI is InChI=1S/C25H28N6O2S/c1-32-20-11-9-19(10-12-20)24(25-26-27-28-31(25)18-21-6-5-17-34-21)30-15-13-29(14-16-30)22-7-3-4-8-23(22)33-2/h3-12,17,24H,13-16,18H2,1-2H3/t24-/m0/s1. The minimum absolute atomic E-state index is 0.0549. The van der Waals surface area contributed by atoms with E-state index in [0.717, 1.165) is 54.8 Å². The predicted octanol–water partition coefficient (Wildman–Crippen LogP) is 3.71. The first-order valence-corrected chi connectivity index (χ1v) is 12.2. The van der Waals surface area contributed by atoms with Gasteiger partial charge in [-0.2, -0.15) is 0 Å². The highest BCUT2D eigenvalue weighted by molar-refractivity contribution is 7.09. The molecule has 0 bridgehead atoms. The van der Waals surface area contributed by atoms with E-state index < -0.39 is 0 Å². The molecule has 2 aromatic carbocycles. The Morgan fingerprint density at radius 1 is 0.912 bits per heavy atom. The van der Waals surface area contributed by atoms with Crippen molar-refractivity contribution in [1.82, 2.24) is 25.1 Å². The summed E-state index contributed by atoms with van der Waals surface area (Å²) in [6, 6.07) is 20.5. The number of aromatic nitrogens is 4. The Labute approximate surface area is 203 Å². The molecule has 1 fully saturated rings. The van der Waals surface area contributed by atoms with Crippen molar-refractivity contribution in [2.24, 2.45) is 0 Å². The van der Waals surface area contributed by atoms with Gasteiger partial charge in [0.05, 0.1) is 32.5 Å². The monoisotopic (exact) mass is 476 g/mol. The summed E-state index contributed by atoms with van der Waals surface area (Å²) in [5, 5.41) is 15.0. The van der Waals surface area contributed by atoms with Crippen LogP contribution in [-0.4, -0.2) is 65.5 Å². The minimum Gasteiger partial charge on any atom is -0.497 e. The third-order valence-corrected chi connectivity index (χ3v) is 7.09. The van der Waals surface area contributed by atoms with Crippen molar-refractivity contribution < 1.29 is 9.47 Å². The number of hydrogen-bond acceptors (Lipinski definition) is 8. The maximum atomic E-state index is 5.59. The van der Waals surface area contributed by atoms with Gasteiger partial charge in [-0.1, -0.05) is 30.3 Å².